The van der Waals surface area contributed by atoms with Crippen LogP contribution in [0.25, 0.3) is 0 Å². The minimum Gasteiger partial charge on any atom is -0.394 e. The topological polar surface area (TPSA) is 149 Å². The summed E-state index contributed by atoms with van der Waals surface area (Å²) < 4.78 is 11.3. The van der Waals surface area contributed by atoms with Gasteiger partial charge >= 0.3 is 0 Å². The highest BCUT2D eigenvalue weighted by Gasteiger charge is 2.44. The number of hydrogen-bond acceptors (Lipinski definition) is 8. The summed E-state index contributed by atoms with van der Waals surface area (Å²) in [5.74, 6) is -0.173. The van der Waals surface area contributed by atoms with Crippen molar-refractivity contribution in [1.29, 1.82) is 0 Å². The molecule has 1 heterocycles. The van der Waals surface area contributed by atoms with Gasteiger partial charge in [-0.25, -0.2) is 0 Å². The second kappa shape index (κ2) is 60.7. The van der Waals surface area contributed by atoms with E-state index in [9.17, 15) is 30.3 Å². The van der Waals surface area contributed by atoms with Crippen LogP contribution in [0.4, 0.5) is 0 Å². The number of carbonyl (C=O) groups excluding carboxylic acids is 1. The number of allylic oxidation sites excluding steroid dienone is 11. The molecule has 1 amide bonds. The number of amides is 1. The molecule has 1 aliphatic heterocycles. The van der Waals surface area contributed by atoms with Crippen molar-refractivity contribution in [1.82, 2.24) is 5.32 Å². The summed E-state index contributed by atoms with van der Waals surface area (Å²) in [5, 5.41) is 54.8. The lowest BCUT2D eigenvalue weighted by Gasteiger charge is -2.40. The first-order valence-electron chi connectivity index (χ1n) is 34.7. The molecule has 7 atom stereocenters. The number of unbranched alkanes of at least 4 members (excludes halogenated alkanes) is 40. The second-order valence-electron chi connectivity index (χ2n) is 23.9. The zero-order valence-corrected chi connectivity index (χ0v) is 52.8. The monoisotopic (exact) mass is 1140 g/mol. The van der Waals surface area contributed by atoms with Gasteiger partial charge in [-0.1, -0.05) is 324 Å². The van der Waals surface area contributed by atoms with Crippen molar-refractivity contribution in [2.45, 2.75) is 365 Å². The lowest BCUT2D eigenvalue weighted by atomic mass is 9.99. The Morgan fingerprint density at radius 1 is 0.432 bits per heavy atom. The largest absolute Gasteiger partial charge is 0.394 e. The van der Waals surface area contributed by atoms with Crippen molar-refractivity contribution in [2.75, 3.05) is 13.2 Å². The molecular formula is C72H131NO8. The molecule has 0 spiro atoms. The Labute approximate surface area is 499 Å². The van der Waals surface area contributed by atoms with Crippen LogP contribution in [0.2, 0.25) is 0 Å². The summed E-state index contributed by atoms with van der Waals surface area (Å²) in [5.41, 5.74) is 0. The van der Waals surface area contributed by atoms with E-state index in [1.54, 1.807) is 6.08 Å². The van der Waals surface area contributed by atoms with Crippen molar-refractivity contribution in [2.24, 2.45) is 0 Å². The van der Waals surface area contributed by atoms with Crippen LogP contribution in [0, 0.1) is 0 Å². The molecule has 1 rings (SSSR count). The van der Waals surface area contributed by atoms with Crippen molar-refractivity contribution in [3.8, 4) is 0 Å². The zero-order chi connectivity index (χ0) is 58.6. The van der Waals surface area contributed by atoms with Crippen LogP contribution in [-0.4, -0.2) is 87.5 Å². The minimum atomic E-state index is -1.57. The van der Waals surface area contributed by atoms with Crippen LogP contribution in [0.3, 0.4) is 0 Å². The van der Waals surface area contributed by atoms with Gasteiger partial charge in [-0.3, -0.25) is 4.79 Å². The van der Waals surface area contributed by atoms with E-state index in [0.29, 0.717) is 6.42 Å². The highest BCUT2D eigenvalue weighted by atomic mass is 16.7. The van der Waals surface area contributed by atoms with Gasteiger partial charge in [0.1, 0.15) is 24.4 Å². The fourth-order valence-electron chi connectivity index (χ4n) is 10.9. The Kier molecular flexibility index (Phi) is 57.5. The van der Waals surface area contributed by atoms with E-state index in [0.717, 1.165) is 70.6 Å². The van der Waals surface area contributed by atoms with Gasteiger partial charge in [0, 0.05) is 6.42 Å². The van der Waals surface area contributed by atoms with Gasteiger partial charge in [-0.05, 0) is 64.2 Å². The molecule has 6 N–H and O–H groups in total. The Morgan fingerprint density at radius 3 is 1.14 bits per heavy atom. The lowest BCUT2D eigenvalue weighted by Crippen LogP contribution is -2.60. The fraction of sp³-hybridized carbons (Fsp3) is 0.819. The van der Waals surface area contributed by atoms with Crippen molar-refractivity contribution < 1.29 is 39.8 Å². The minimum absolute atomic E-state index is 0.173. The number of rotatable bonds is 60. The SMILES string of the molecule is CC/C=C\C/C=C\C/C=C\C/C=C\C/C=C\CCCCCCCCCCCCCCCCCCCCCC(=O)NC(COC1OC(CO)C(O)C(O)C1O)C(O)/C=C/CCCCCCCCCCCCCCCCCCCCCCC. The average molecular weight is 1140 g/mol. The Balaban J connectivity index is 2.11. The number of carbonyl (C=O) groups is 1. The quantitative estimate of drug-likeness (QED) is 0.0261. The Bertz CT molecular complexity index is 1510. The highest BCUT2D eigenvalue weighted by molar-refractivity contribution is 5.76. The molecule has 0 aromatic carbocycles. The number of aliphatic hydroxyl groups is 5. The van der Waals surface area contributed by atoms with E-state index in [2.05, 4.69) is 79.9 Å². The molecule has 9 nitrogen and oxygen atoms in total. The van der Waals surface area contributed by atoms with Crippen LogP contribution in [0.5, 0.6) is 0 Å². The predicted molar refractivity (Wildman–Crippen MR) is 345 cm³/mol. The van der Waals surface area contributed by atoms with Crippen molar-refractivity contribution in [3.05, 3.63) is 72.9 Å². The van der Waals surface area contributed by atoms with Crippen LogP contribution in [0.1, 0.15) is 322 Å². The molecule has 81 heavy (non-hydrogen) atoms. The third-order valence-electron chi connectivity index (χ3n) is 16.3. The first kappa shape index (κ1) is 76.6. The van der Waals surface area contributed by atoms with Gasteiger partial charge in [-0.15, -0.1) is 0 Å². The highest BCUT2D eigenvalue weighted by Crippen LogP contribution is 2.23. The van der Waals surface area contributed by atoms with Gasteiger partial charge in [0.2, 0.25) is 5.91 Å². The van der Waals surface area contributed by atoms with Crippen LogP contribution in [-0.2, 0) is 14.3 Å². The molecule has 9 heteroatoms. The number of hydrogen-bond donors (Lipinski definition) is 6. The second-order valence-corrected chi connectivity index (χ2v) is 23.9. The van der Waals surface area contributed by atoms with E-state index >= 15 is 0 Å². The molecule has 1 aliphatic rings. The summed E-state index contributed by atoms with van der Waals surface area (Å²) in [4.78, 5) is 13.1. The maximum atomic E-state index is 13.1. The first-order chi connectivity index (χ1) is 39.8. The maximum Gasteiger partial charge on any atom is 0.220 e. The lowest BCUT2D eigenvalue weighted by molar-refractivity contribution is -0.302. The van der Waals surface area contributed by atoms with Gasteiger partial charge < -0.3 is 40.3 Å². The third-order valence-corrected chi connectivity index (χ3v) is 16.3. The summed E-state index contributed by atoms with van der Waals surface area (Å²) >= 11 is 0. The number of ether oxygens (including phenoxy) is 2. The predicted octanol–water partition coefficient (Wildman–Crippen LogP) is 18.8. The number of aliphatic hydroxyl groups excluding tert-OH is 5. The number of nitrogens with one attached hydrogen (secondary N) is 1. The summed E-state index contributed by atoms with van der Waals surface area (Å²) in [6.07, 6.45) is 78.6. The Hall–Kier alpha value is -2.37. The van der Waals surface area contributed by atoms with Crippen LogP contribution in [0.15, 0.2) is 72.9 Å². The molecule has 0 bridgehead atoms. The molecule has 472 valence electrons. The molecule has 0 aromatic rings. The molecule has 1 fully saturated rings. The molecular weight excluding hydrogens is 1010 g/mol. The zero-order valence-electron chi connectivity index (χ0n) is 52.8. The average Bonchev–Trinajstić information content (AvgIpc) is 3.48. The van der Waals surface area contributed by atoms with E-state index in [1.807, 2.05) is 6.08 Å². The first-order valence-corrected chi connectivity index (χ1v) is 34.7. The summed E-state index contributed by atoms with van der Waals surface area (Å²) in [6.45, 7) is 3.70. The van der Waals surface area contributed by atoms with Gasteiger partial charge in [0.15, 0.2) is 6.29 Å². The summed E-state index contributed by atoms with van der Waals surface area (Å²) in [6, 6.07) is -0.807. The fourth-order valence-corrected chi connectivity index (χ4v) is 10.9. The van der Waals surface area contributed by atoms with Crippen LogP contribution >= 0.6 is 0 Å². The molecule has 0 radical (unpaired) electrons. The smallest absolute Gasteiger partial charge is 0.220 e. The normalized spacial score (nSPS) is 18.8. The molecule has 0 aromatic heterocycles. The molecule has 0 aliphatic carbocycles. The van der Waals surface area contributed by atoms with Crippen molar-refractivity contribution in [3.63, 3.8) is 0 Å². The summed E-state index contributed by atoms with van der Waals surface area (Å²) in [7, 11) is 0. The molecule has 7 unspecified atom stereocenters. The van der Waals surface area contributed by atoms with Crippen molar-refractivity contribution >= 4 is 5.91 Å². The molecule has 1 saturated heterocycles. The Morgan fingerprint density at radius 2 is 0.765 bits per heavy atom. The molecule has 0 saturated carbocycles. The van der Waals surface area contributed by atoms with Gasteiger partial charge in [0.25, 0.3) is 0 Å². The third kappa shape index (κ3) is 49.6. The maximum absolute atomic E-state index is 13.1. The van der Waals surface area contributed by atoms with E-state index in [-0.39, 0.29) is 12.5 Å². The van der Waals surface area contributed by atoms with Crippen LogP contribution < -0.4 is 5.32 Å². The van der Waals surface area contributed by atoms with Gasteiger partial charge in [0.05, 0.1) is 25.4 Å². The van der Waals surface area contributed by atoms with E-state index in [1.165, 1.54) is 231 Å². The standard InChI is InChI=1S/C72H131NO8/c1-3-5-7-9-11-13-15-17-19-21-23-25-27-28-29-30-31-32-33-34-35-36-37-38-40-42-44-46-48-50-52-54-56-58-60-62-68(76)73-65(64-80-72-71(79)70(78)69(77)67(63-74)81-72)66(75)61-59-57-55-53-51-49-47-45-43-41-39-26-24-22-20-18-16-14-12-10-8-6-4-2/h5,7,11,13,17,19,23,25,28-29,59,61,65-67,69-72,74-75,77-79H,3-4,6,8-10,12,14-16,18,20-22,24,26-27,30-58,60,62-64H2,1-2H3,(H,73,76)/b7-5-,13-11-,19-17-,25-23-,29-28-,61-59+. The van der Waals surface area contributed by atoms with E-state index < -0.39 is 49.5 Å². The van der Waals surface area contributed by atoms with Gasteiger partial charge in [-0.2, -0.15) is 0 Å². The van der Waals surface area contributed by atoms with E-state index in [4.69, 9.17) is 9.47 Å².